The Hall–Kier alpha value is -2.12. The molecule has 7 heteroatoms. The highest BCUT2D eigenvalue weighted by molar-refractivity contribution is 5.90. The molecule has 0 saturated carbocycles. The van der Waals surface area contributed by atoms with Crippen molar-refractivity contribution in [3.63, 3.8) is 0 Å². The number of rotatable bonds is 10. The average Bonchev–Trinajstić information content (AvgIpc) is 2.74. The zero-order valence-corrected chi connectivity index (χ0v) is 19.0. The van der Waals surface area contributed by atoms with E-state index in [0.717, 1.165) is 56.5 Å². The Balaban J connectivity index is 1.76. The summed E-state index contributed by atoms with van der Waals surface area (Å²) in [5.41, 5.74) is 1.92. The fourth-order valence-electron chi connectivity index (χ4n) is 3.34. The van der Waals surface area contributed by atoms with Crippen LogP contribution in [0.15, 0.2) is 29.3 Å². The van der Waals surface area contributed by atoms with Crippen molar-refractivity contribution in [2.24, 2.45) is 10.9 Å². The standard InChI is InChI=1S/C23H39N5O2/c1-18(2)8-9-19(3)26-23(24-4)25-17-20-6-5-7-21(16-20)27-22(29)10-11-28-12-14-30-15-13-28/h5-7,16,18-19H,8-15,17H2,1-4H3,(H,27,29)(H2,24,25,26). The van der Waals surface area contributed by atoms with Crippen LogP contribution < -0.4 is 16.0 Å². The second-order valence-corrected chi connectivity index (χ2v) is 8.39. The number of amides is 1. The molecule has 1 atom stereocenters. The highest BCUT2D eigenvalue weighted by atomic mass is 16.5. The number of carbonyl (C=O) groups is 1. The van der Waals surface area contributed by atoms with Crippen LogP contribution >= 0.6 is 0 Å². The van der Waals surface area contributed by atoms with Crippen molar-refractivity contribution in [1.82, 2.24) is 15.5 Å². The summed E-state index contributed by atoms with van der Waals surface area (Å²) in [6.45, 7) is 11.4. The van der Waals surface area contributed by atoms with Crippen molar-refractivity contribution in [2.45, 2.75) is 52.6 Å². The van der Waals surface area contributed by atoms with Crippen molar-refractivity contribution >= 4 is 17.6 Å². The first-order valence-corrected chi connectivity index (χ1v) is 11.1. The van der Waals surface area contributed by atoms with Crippen LogP contribution in [-0.4, -0.2) is 62.7 Å². The summed E-state index contributed by atoms with van der Waals surface area (Å²) >= 11 is 0. The number of carbonyl (C=O) groups excluding carboxylic acids is 1. The molecule has 168 valence electrons. The van der Waals surface area contributed by atoms with Gasteiger partial charge >= 0.3 is 0 Å². The number of hydrogen-bond acceptors (Lipinski definition) is 4. The van der Waals surface area contributed by atoms with Crippen molar-refractivity contribution in [1.29, 1.82) is 0 Å². The quantitative estimate of drug-likeness (QED) is 0.403. The Labute approximate surface area is 181 Å². The number of guanidine groups is 1. The van der Waals surface area contributed by atoms with Crippen molar-refractivity contribution in [3.05, 3.63) is 29.8 Å². The van der Waals surface area contributed by atoms with Gasteiger partial charge in [-0.3, -0.25) is 14.7 Å². The number of aliphatic imine (C=N–C) groups is 1. The normalized spacial score (nSPS) is 16.4. The zero-order valence-electron chi connectivity index (χ0n) is 19.0. The molecule has 2 rings (SSSR count). The lowest BCUT2D eigenvalue weighted by atomic mass is 10.0. The Morgan fingerprint density at radius 2 is 1.97 bits per heavy atom. The maximum absolute atomic E-state index is 12.3. The minimum atomic E-state index is 0.0445. The third-order valence-electron chi connectivity index (χ3n) is 5.21. The Bertz CT molecular complexity index is 671. The van der Waals surface area contributed by atoms with E-state index in [1.54, 1.807) is 7.05 Å². The molecule has 0 aromatic heterocycles. The largest absolute Gasteiger partial charge is 0.379 e. The topological polar surface area (TPSA) is 78.0 Å². The Morgan fingerprint density at radius 1 is 1.20 bits per heavy atom. The van der Waals surface area contributed by atoms with Gasteiger partial charge in [0.15, 0.2) is 5.96 Å². The minimum Gasteiger partial charge on any atom is -0.379 e. The van der Waals surface area contributed by atoms with E-state index in [4.69, 9.17) is 4.74 Å². The lowest BCUT2D eigenvalue weighted by Crippen LogP contribution is -2.41. The molecule has 1 fully saturated rings. The van der Waals surface area contributed by atoms with Crippen LogP contribution in [0.5, 0.6) is 0 Å². The predicted octanol–water partition coefficient (Wildman–Crippen LogP) is 2.84. The van der Waals surface area contributed by atoms with Gasteiger partial charge in [0, 0.05) is 51.4 Å². The molecule has 1 aromatic rings. The molecule has 0 bridgehead atoms. The van der Waals surface area contributed by atoms with Crippen LogP contribution in [0.4, 0.5) is 5.69 Å². The first-order chi connectivity index (χ1) is 14.5. The predicted molar refractivity (Wildman–Crippen MR) is 124 cm³/mol. The molecule has 1 unspecified atom stereocenters. The van der Waals surface area contributed by atoms with Crippen molar-refractivity contribution in [2.75, 3.05) is 45.2 Å². The molecule has 1 aromatic carbocycles. The fraction of sp³-hybridized carbons (Fsp3) is 0.652. The molecule has 1 aliphatic heterocycles. The van der Waals surface area contributed by atoms with Crippen LogP contribution in [-0.2, 0) is 16.1 Å². The van der Waals surface area contributed by atoms with Crippen LogP contribution in [0.1, 0.15) is 45.6 Å². The average molecular weight is 418 g/mol. The summed E-state index contributed by atoms with van der Waals surface area (Å²) in [6.07, 6.45) is 2.80. The molecule has 1 heterocycles. The number of hydrogen-bond donors (Lipinski definition) is 3. The highest BCUT2D eigenvalue weighted by Gasteiger charge is 2.12. The van der Waals surface area contributed by atoms with Gasteiger partial charge in [0.1, 0.15) is 0 Å². The van der Waals surface area contributed by atoms with E-state index in [-0.39, 0.29) is 5.91 Å². The van der Waals surface area contributed by atoms with Crippen LogP contribution in [0.3, 0.4) is 0 Å². The molecule has 1 aliphatic rings. The molecular weight excluding hydrogens is 378 g/mol. The lowest BCUT2D eigenvalue weighted by Gasteiger charge is -2.26. The molecule has 0 aliphatic carbocycles. The van der Waals surface area contributed by atoms with Crippen LogP contribution in [0.2, 0.25) is 0 Å². The van der Waals surface area contributed by atoms with Crippen LogP contribution in [0.25, 0.3) is 0 Å². The van der Waals surface area contributed by atoms with Gasteiger partial charge in [-0.1, -0.05) is 26.0 Å². The second kappa shape index (κ2) is 13.2. The highest BCUT2D eigenvalue weighted by Crippen LogP contribution is 2.11. The Morgan fingerprint density at radius 3 is 2.67 bits per heavy atom. The summed E-state index contributed by atoms with van der Waals surface area (Å²) < 4.78 is 5.34. The van der Waals surface area contributed by atoms with Gasteiger partial charge in [0.2, 0.25) is 5.91 Å². The lowest BCUT2D eigenvalue weighted by molar-refractivity contribution is -0.116. The molecule has 7 nitrogen and oxygen atoms in total. The van der Waals surface area contributed by atoms with E-state index in [1.807, 2.05) is 24.3 Å². The van der Waals surface area contributed by atoms with Crippen LogP contribution in [0, 0.1) is 5.92 Å². The number of anilines is 1. The molecule has 0 radical (unpaired) electrons. The van der Waals surface area contributed by atoms with E-state index in [2.05, 4.69) is 46.6 Å². The second-order valence-electron chi connectivity index (χ2n) is 8.39. The maximum Gasteiger partial charge on any atom is 0.225 e. The minimum absolute atomic E-state index is 0.0445. The Kier molecular flexibility index (Phi) is 10.7. The van der Waals surface area contributed by atoms with E-state index < -0.39 is 0 Å². The van der Waals surface area contributed by atoms with Gasteiger partial charge < -0.3 is 20.7 Å². The van der Waals surface area contributed by atoms with Gasteiger partial charge in [0.25, 0.3) is 0 Å². The smallest absolute Gasteiger partial charge is 0.225 e. The van der Waals surface area contributed by atoms with Gasteiger partial charge in [-0.15, -0.1) is 0 Å². The van der Waals surface area contributed by atoms with Crippen molar-refractivity contribution in [3.8, 4) is 0 Å². The number of ether oxygens (including phenoxy) is 1. The van der Waals surface area contributed by atoms with E-state index >= 15 is 0 Å². The van der Waals surface area contributed by atoms with E-state index in [1.165, 1.54) is 6.42 Å². The third-order valence-corrected chi connectivity index (χ3v) is 5.21. The third kappa shape index (κ3) is 9.59. The van der Waals surface area contributed by atoms with Crippen molar-refractivity contribution < 1.29 is 9.53 Å². The summed E-state index contributed by atoms with van der Waals surface area (Å²) in [5.74, 6) is 1.55. The fourth-order valence-corrected chi connectivity index (χ4v) is 3.34. The summed E-state index contributed by atoms with van der Waals surface area (Å²) in [6, 6.07) is 8.32. The SMILES string of the molecule is CN=C(NCc1cccc(NC(=O)CCN2CCOCC2)c1)NC(C)CCC(C)C. The van der Waals surface area contributed by atoms with Gasteiger partial charge in [0.05, 0.1) is 13.2 Å². The number of morpholine rings is 1. The first-order valence-electron chi connectivity index (χ1n) is 11.1. The van der Waals surface area contributed by atoms with Gasteiger partial charge in [-0.2, -0.15) is 0 Å². The number of nitrogens with zero attached hydrogens (tertiary/aromatic N) is 2. The van der Waals surface area contributed by atoms with Gasteiger partial charge in [-0.25, -0.2) is 0 Å². The zero-order chi connectivity index (χ0) is 21.8. The molecule has 3 N–H and O–H groups in total. The first kappa shape index (κ1) is 24.2. The number of benzene rings is 1. The molecule has 0 spiro atoms. The number of nitrogens with one attached hydrogen (secondary N) is 3. The van der Waals surface area contributed by atoms with E-state index in [9.17, 15) is 4.79 Å². The van der Waals surface area contributed by atoms with Gasteiger partial charge in [-0.05, 0) is 43.4 Å². The van der Waals surface area contributed by atoms with E-state index in [0.29, 0.717) is 24.9 Å². The maximum atomic E-state index is 12.3. The molecule has 30 heavy (non-hydrogen) atoms. The molecule has 1 amide bonds. The summed E-state index contributed by atoms with van der Waals surface area (Å²) in [4.78, 5) is 18.9. The monoisotopic (exact) mass is 417 g/mol. The molecule has 1 saturated heterocycles. The molecular formula is C23H39N5O2. The summed E-state index contributed by atoms with van der Waals surface area (Å²) in [7, 11) is 1.79. The summed E-state index contributed by atoms with van der Waals surface area (Å²) in [5, 5.41) is 9.82.